The lowest BCUT2D eigenvalue weighted by Gasteiger charge is -2.04. The summed E-state index contributed by atoms with van der Waals surface area (Å²) in [7, 11) is 0. The van der Waals surface area contributed by atoms with E-state index in [-0.39, 0.29) is 5.84 Å². The van der Waals surface area contributed by atoms with Crippen LogP contribution in [0.3, 0.4) is 0 Å². The van der Waals surface area contributed by atoms with E-state index in [9.17, 15) is 0 Å². The monoisotopic (exact) mass is 253 g/mol. The number of aromatic nitrogens is 3. The highest BCUT2D eigenvalue weighted by atomic mass is 32.2. The van der Waals surface area contributed by atoms with Crippen LogP contribution in [0.15, 0.2) is 39.2 Å². The number of hydrogen-bond donors (Lipinski definition) is 2. The zero-order valence-corrected chi connectivity index (χ0v) is 9.57. The summed E-state index contributed by atoms with van der Waals surface area (Å²) < 4.78 is 4.67. The summed E-state index contributed by atoms with van der Waals surface area (Å²) in [5, 5.41) is 11.6. The second-order valence-corrected chi connectivity index (χ2v) is 4.74. The maximum absolute atomic E-state index is 8.65. The summed E-state index contributed by atoms with van der Waals surface area (Å²) in [5.41, 5.74) is 6.17. The van der Waals surface area contributed by atoms with Crippen molar-refractivity contribution < 1.29 is 5.21 Å². The van der Waals surface area contributed by atoms with Gasteiger partial charge in [0.1, 0.15) is 6.33 Å². The van der Waals surface area contributed by atoms with Crippen LogP contribution in [0.4, 0.5) is 0 Å². The molecule has 16 heavy (non-hydrogen) atoms. The lowest BCUT2D eigenvalue weighted by molar-refractivity contribution is 0.318. The van der Waals surface area contributed by atoms with Crippen molar-refractivity contribution in [3.05, 3.63) is 30.4 Å². The molecule has 0 radical (unpaired) electrons. The first-order valence-corrected chi connectivity index (χ1v) is 5.76. The molecule has 82 valence electrons. The molecule has 0 fully saturated rings. The van der Waals surface area contributed by atoms with Gasteiger partial charge in [-0.3, -0.25) is 4.98 Å². The topological polar surface area (TPSA) is 97.3 Å². The normalized spacial score (nSPS) is 11.6. The number of pyridine rings is 1. The molecule has 0 unspecified atom stereocenters. The van der Waals surface area contributed by atoms with E-state index < -0.39 is 0 Å². The molecule has 0 aliphatic carbocycles. The van der Waals surface area contributed by atoms with Crippen molar-refractivity contribution >= 4 is 29.1 Å². The Kier molecular flexibility index (Phi) is 3.32. The summed E-state index contributed by atoms with van der Waals surface area (Å²) in [4.78, 5) is 8.80. The van der Waals surface area contributed by atoms with E-state index in [0.29, 0.717) is 5.56 Å². The first-order valence-electron chi connectivity index (χ1n) is 4.17. The Morgan fingerprint density at radius 3 is 3.12 bits per heavy atom. The minimum atomic E-state index is 0.0504. The highest BCUT2D eigenvalue weighted by molar-refractivity contribution is 8.01. The van der Waals surface area contributed by atoms with Crippen LogP contribution < -0.4 is 5.73 Å². The van der Waals surface area contributed by atoms with E-state index in [0.717, 1.165) is 9.24 Å². The molecule has 0 atom stereocenters. The maximum Gasteiger partial charge on any atom is 0.174 e. The zero-order chi connectivity index (χ0) is 11.4. The molecule has 0 spiro atoms. The fourth-order valence-corrected chi connectivity index (χ4v) is 2.54. The molecule has 0 saturated heterocycles. The molecule has 2 aromatic rings. The van der Waals surface area contributed by atoms with Crippen LogP contribution >= 0.6 is 23.3 Å². The molecule has 2 aromatic heterocycles. The average Bonchev–Trinajstić information content (AvgIpc) is 2.82. The van der Waals surface area contributed by atoms with Crippen LogP contribution in [0.25, 0.3) is 0 Å². The minimum absolute atomic E-state index is 0.0504. The van der Waals surface area contributed by atoms with E-state index in [1.54, 1.807) is 18.5 Å². The number of oxime groups is 1. The van der Waals surface area contributed by atoms with Crippen LogP contribution in [-0.2, 0) is 0 Å². The fraction of sp³-hybridized carbons (Fsp3) is 0. The van der Waals surface area contributed by atoms with Crippen LogP contribution in [0.2, 0.25) is 0 Å². The summed E-state index contributed by atoms with van der Waals surface area (Å²) in [6.45, 7) is 0. The van der Waals surface area contributed by atoms with Crippen LogP contribution in [0.5, 0.6) is 0 Å². The predicted octanol–water partition coefficient (Wildman–Crippen LogP) is 1.18. The van der Waals surface area contributed by atoms with Gasteiger partial charge in [0, 0.05) is 22.9 Å². The van der Waals surface area contributed by atoms with E-state index in [1.165, 1.54) is 29.6 Å². The maximum atomic E-state index is 8.65. The average molecular weight is 253 g/mol. The fourth-order valence-electron chi connectivity index (χ4n) is 1.03. The van der Waals surface area contributed by atoms with Gasteiger partial charge < -0.3 is 10.9 Å². The van der Waals surface area contributed by atoms with Crippen molar-refractivity contribution in [1.29, 1.82) is 0 Å². The van der Waals surface area contributed by atoms with Gasteiger partial charge in [-0.05, 0) is 17.6 Å². The van der Waals surface area contributed by atoms with Gasteiger partial charge in [-0.25, -0.2) is 4.98 Å². The number of hydrogen-bond acceptors (Lipinski definition) is 7. The number of nitrogens with two attached hydrogens (primary N) is 1. The van der Waals surface area contributed by atoms with Crippen LogP contribution in [0, 0.1) is 0 Å². The molecule has 8 heteroatoms. The van der Waals surface area contributed by atoms with E-state index in [2.05, 4.69) is 19.5 Å². The highest BCUT2D eigenvalue weighted by Crippen LogP contribution is 2.29. The largest absolute Gasteiger partial charge is 0.409 e. The third-order valence-electron chi connectivity index (χ3n) is 1.71. The number of rotatable bonds is 3. The zero-order valence-electron chi connectivity index (χ0n) is 7.94. The third kappa shape index (κ3) is 2.28. The second kappa shape index (κ2) is 4.90. The molecule has 0 aromatic carbocycles. The van der Waals surface area contributed by atoms with Crippen molar-refractivity contribution in [1.82, 2.24) is 14.3 Å². The standard InChI is InChI=1S/C8H7N5OS2/c9-7(13-14)5-1-2-10-3-6(5)15-8-11-4-12-16-8/h1-4,14H,(H2,9,13). The van der Waals surface area contributed by atoms with Gasteiger partial charge in [0.05, 0.1) is 0 Å². The minimum Gasteiger partial charge on any atom is -0.409 e. The molecular weight excluding hydrogens is 246 g/mol. The Hall–Kier alpha value is -1.67. The third-order valence-corrected chi connectivity index (χ3v) is 3.47. The smallest absolute Gasteiger partial charge is 0.174 e. The molecule has 0 aliphatic heterocycles. The van der Waals surface area contributed by atoms with E-state index in [1.807, 2.05) is 0 Å². The van der Waals surface area contributed by atoms with Crippen molar-refractivity contribution in [2.45, 2.75) is 9.24 Å². The summed E-state index contributed by atoms with van der Waals surface area (Å²) in [6, 6.07) is 1.68. The van der Waals surface area contributed by atoms with Gasteiger partial charge in [-0.1, -0.05) is 16.9 Å². The molecule has 2 rings (SSSR count). The van der Waals surface area contributed by atoms with Crippen molar-refractivity contribution in [3.63, 3.8) is 0 Å². The molecule has 0 amide bonds. The molecule has 0 saturated carbocycles. The highest BCUT2D eigenvalue weighted by Gasteiger charge is 2.09. The van der Waals surface area contributed by atoms with Crippen LogP contribution in [0.1, 0.15) is 5.56 Å². The summed E-state index contributed by atoms with van der Waals surface area (Å²) in [5.74, 6) is 0.0504. The van der Waals surface area contributed by atoms with Gasteiger partial charge in [0.2, 0.25) is 0 Å². The molecule has 0 bridgehead atoms. The molecule has 3 N–H and O–H groups in total. The summed E-state index contributed by atoms with van der Waals surface area (Å²) in [6.07, 6.45) is 4.70. The first-order chi connectivity index (χ1) is 7.81. The summed E-state index contributed by atoms with van der Waals surface area (Å²) >= 11 is 2.65. The molecule has 0 aliphatic rings. The number of nitrogens with zero attached hydrogens (tertiary/aromatic N) is 4. The Balaban J connectivity index is 2.34. The molecule has 6 nitrogen and oxygen atoms in total. The van der Waals surface area contributed by atoms with Gasteiger partial charge >= 0.3 is 0 Å². The SMILES string of the molecule is N/C(=N/O)c1ccncc1Sc1ncns1. The van der Waals surface area contributed by atoms with Gasteiger partial charge in [0.25, 0.3) is 0 Å². The Morgan fingerprint density at radius 2 is 2.44 bits per heavy atom. The first kappa shape index (κ1) is 10.8. The molecular formula is C8H7N5OS2. The Labute approximate surface area is 99.4 Å². The number of amidine groups is 1. The van der Waals surface area contributed by atoms with Gasteiger partial charge in [-0.15, -0.1) is 0 Å². The van der Waals surface area contributed by atoms with E-state index in [4.69, 9.17) is 10.9 Å². The lowest BCUT2D eigenvalue weighted by Crippen LogP contribution is -2.14. The van der Waals surface area contributed by atoms with Gasteiger partial charge in [0.15, 0.2) is 10.2 Å². The quantitative estimate of drug-likeness (QED) is 0.369. The second-order valence-electron chi connectivity index (χ2n) is 2.67. The van der Waals surface area contributed by atoms with E-state index >= 15 is 0 Å². The predicted molar refractivity (Wildman–Crippen MR) is 60.8 cm³/mol. The van der Waals surface area contributed by atoms with Crippen molar-refractivity contribution in [3.8, 4) is 0 Å². The van der Waals surface area contributed by atoms with Crippen molar-refractivity contribution in [2.24, 2.45) is 10.9 Å². The van der Waals surface area contributed by atoms with Crippen molar-refractivity contribution in [2.75, 3.05) is 0 Å². The lowest BCUT2D eigenvalue weighted by atomic mass is 10.2. The Morgan fingerprint density at radius 1 is 1.56 bits per heavy atom. The van der Waals surface area contributed by atoms with Gasteiger partial charge in [-0.2, -0.15) is 4.37 Å². The Bertz CT molecular complexity index is 499. The molecule has 2 heterocycles. The van der Waals surface area contributed by atoms with Crippen LogP contribution in [-0.4, -0.2) is 25.4 Å².